The summed E-state index contributed by atoms with van der Waals surface area (Å²) in [6, 6.07) is 12.2. The number of carbonyl (C=O) groups is 1. The first kappa shape index (κ1) is 19.4. The third-order valence-electron chi connectivity index (χ3n) is 3.64. The van der Waals surface area contributed by atoms with Gasteiger partial charge in [0.05, 0.1) is 16.9 Å². The molecule has 0 aliphatic rings. The van der Waals surface area contributed by atoms with Gasteiger partial charge in [-0.2, -0.15) is 0 Å². The lowest BCUT2D eigenvalue weighted by Crippen LogP contribution is -2.19. The maximum absolute atomic E-state index is 12.7. The summed E-state index contributed by atoms with van der Waals surface area (Å²) in [5, 5.41) is 0.693. The topological polar surface area (TPSA) is 44.1 Å². The third kappa shape index (κ3) is 4.49. The molecule has 3 aromatic rings. The highest BCUT2D eigenvalue weighted by atomic mass is 79.9. The van der Waals surface area contributed by atoms with E-state index in [1.807, 2.05) is 28.8 Å². The van der Waals surface area contributed by atoms with Crippen LogP contribution >= 0.6 is 55.1 Å². The smallest absolute Gasteiger partial charge is 0.340 e. The van der Waals surface area contributed by atoms with Crippen LogP contribution in [0.3, 0.4) is 0 Å². The van der Waals surface area contributed by atoms with Crippen molar-refractivity contribution in [3.05, 3.63) is 86.8 Å². The standard InChI is InChI=1S/C18H12Br2Cl2N2O2/c19-12-3-1-11(2-4-12)16(17(20)24-8-7-23-10-24)26-18(25)14-6-5-13(21)9-15(14)22/h1-10,16-17H. The Bertz CT molecular complexity index is 902. The molecule has 2 atom stereocenters. The molecule has 4 nitrogen and oxygen atoms in total. The average molecular weight is 519 g/mol. The molecule has 0 spiro atoms. The first-order valence-electron chi connectivity index (χ1n) is 7.48. The van der Waals surface area contributed by atoms with Gasteiger partial charge in [0.2, 0.25) is 0 Å². The number of esters is 1. The van der Waals surface area contributed by atoms with Gasteiger partial charge in [-0.1, -0.05) is 67.2 Å². The first-order chi connectivity index (χ1) is 12.5. The third-order valence-corrected chi connectivity index (χ3v) is 5.67. The van der Waals surface area contributed by atoms with Crippen molar-refractivity contribution in [3.63, 3.8) is 0 Å². The molecule has 0 N–H and O–H groups in total. The Morgan fingerprint density at radius 3 is 2.50 bits per heavy atom. The molecule has 3 rings (SSSR count). The van der Waals surface area contributed by atoms with E-state index < -0.39 is 12.1 Å². The van der Waals surface area contributed by atoms with E-state index in [-0.39, 0.29) is 15.5 Å². The molecule has 2 aromatic carbocycles. The molecule has 0 bridgehead atoms. The minimum absolute atomic E-state index is 0.241. The molecule has 0 saturated carbocycles. The van der Waals surface area contributed by atoms with Crippen LogP contribution in [0.5, 0.6) is 0 Å². The Morgan fingerprint density at radius 2 is 1.88 bits per heavy atom. The van der Waals surface area contributed by atoms with Crippen molar-refractivity contribution in [1.82, 2.24) is 9.55 Å². The highest BCUT2D eigenvalue weighted by Gasteiger charge is 2.27. The molecule has 0 saturated heterocycles. The molecule has 0 radical (unpaired) electrons. The fourth-order valence-electron chi connectivity index (χ4n) is 2.34. The second-order valence-electron chi connectivity index (χ2n) is 5.38. The number of ether oxygens (including phenoxy) is 1. The van der Waals surface area contributed by atoms with E-state index >= 15 is 0 Å². The summed E-state index contributed by atoms with van der Waals surface area (Å²) in [4.78, 5) is 16.4. The lowest BCUT2D eigenvalue weighted by molar-refractivity contribution is 0.0251. The fourth-order valence-corrected chi connectivity index (χ4v) is 3.75. The Labute approximate surface area is 177 Å². The van der Waals surface area contributed by atoms with Crippen molar-refractivity contribution < 1.29 is 9.53 Å². The zero-order valence-corrected chi connectivity index (χ0v) is 17.8. The van der Waals surface area contributed by atoms with Crippen molar-refractivity contribution in [3.8, 4) is 0 Å². The number of benzene rings is 2. The van der Waals surface area contributed by atoms with Gasteiger partial charge in [-0.15, -0.1) is 0 Å². The number of hydrogen-bond acceptors (Lipinski definition) is 3. The lowest BCUT2D eigenvalue weighted by Gasteiger charge is -2.24. The highest BCUT2D eigenvalue weighted by molar-refractivity contribution is 9.10. The number of alkyl halides is 1. The molecule has 134 valence electrons. The van der Waals surface area contributed by atoms with Gasteiger partial charge in [0.25, 0.3) is 0 Å². The highest BCUT2D eigenvalue weighted by Crippen LogP contribution is 2.36. The molecule has 0 fully saturated rings. The molecule has 26 heavy (non-hydrogen) atoms. The quantitative estimate of drug-likeness (QED) is 0.288. The van der Waals surface area contributed by atoms with Crippen LogP contribution in [0.15, 0.2) is 65.7 Å². The van der Waals surface area contributed by atoms with E-state index in [4.69, 9.17) is 27.9 Å². The predicted octanol–water partition coefficient (Wildman–Crippen LogP) is 6.44. The minimum atomic E-state index is -0.600. The van der Waals surface area contributed by atoms with Crippen LogP contribution < -0.4 is 0 Å². The Hall–Kier alpha value is -1.34. The van der Waals surface area contributed by atoms with Crippen molar-refractivity contribution >= 4 is 61.0 Å². The van der Waals surface area contributed by atoms with E-state index in [1.165, 1.54) is 6.07 Å². The number of nitrogens with zero attached hydrogens (tertiary/aromatic N) is 2. The Morgan fingerprint density at radius 1 is 1.15 bits per heavy atom. The summed E-state index contributed by atoms with van der Waals surface area (Å²) in [5.74, 6) is -0.538. The van der Waals surface area contributed by atoms with E-state index in [2.05, 4.69) is 36.8 Å². The summed E-state index contributed by atoms with van der Waals surface area (Å²) < 4.78 is 8.53. The SMILES string of the molecule is O=C(OC(c1ccc(Br)cc1)C(Br)n1ccnc1)c1ccc(Cl)cc1Cl. The maximum atomic E-state index is 12.7. The van der Waals surface area contributed by atoms with Crippen LogP contribution in [-0.4, -0.2) is 15.5 Å². The molecule has 0 aliphatic carbocycles. The fraction of sp³-hybridized carbons (Fsp3) is 0.111. The zero-order valence-electron chi connectivity index (χ0n) is 13.2. The summed E-state index contributed by atoms with van der Waals surface area (Å²) in [7, 11) is 0. The summed E-state index contributed by atoms with van der Waals surface area (Å²) >= 11 is 19.0. The van der Waals surface area contributed by atoms with Gasteiger partial charge < -0.3 is 9.30 Å². The van der Waals surface area contributed by atoms with Gasteiger partial charge in [0.15, 0.2) is 6.10 Å². The van der Waals surface area contributed by atoms with Crippen molar-refractivity contribution in [1.29, 1.82) is 0 Å². The summed E-state index contributed by atoms with van der Waals surface area (Å²) in [5.41, 5.74) is 1.07. The second kappa shape index (κ2) is 8.57. The number of imidazole rings is 1. The van der Waals surface area contributed by atoms with Gasteiger partial charge in [0.1, 0.15) is 4.95 Å². The van der Waals surface area contributed by atoms with Crippen LogP contribution in [-0.2, 0) is 4.74 Å². The van der Waals surface area contributed by atoms with Crippen LogP contribution in [0, 0.1) is 0 Å². The van der Waals surface area contributed by atoms with Crippen molar-refractivity contribution in [2.24, 2.45) is 0 Å². The molecule has 0 amide bonds. The van der Waals surface area contributed by atoms with E-state index in [0.29, 0.717) is 5.02 Å². The van der Waals surface area contributed by atoms with Gasteiger partial charge in [0, 0.05) is 21.9 Å². The maximum Gasteiger partial charge on any atom is 0.340 e. The van der Waals surface area contributed by atoms with E-state index in [1.54, 1.807) is 30.9 Å². The van der Waals surface area contributed by atoms with Crippen molar-refractivity contribution in [2.45, 2.75) is 11.1 Å². The number of rotatable bonds is 5. The molecule has 0 aliphatic heterocycles. The van der Waals surface area contributed by atoms with E-state index in [9.17, 15) is 4.79 Å². The summed E-state index contributed by atoms with van der Waals surface area (Å²) in [6.07, 6.45) is 4.49. The van der Waals surface area contributed by atoms with Crippen LogP contribution in [0.4, 0.5) is 0 Å². The normalized spacial score (nSPS) is 13.2. The monoisotopic (exact) mass is 516 g/mol. The molecular weight excluding hydrogens is 507 g/mol. The summed E-state index contributed by atoms with van der Waals surface area (Å²) in [6.45, 7) is 0. The first-order valence-corrected chi connectivity index (χ1v) is 9.95. The van der Waals surface area contributed by atoms with Gasteiger partial charge in [-0.25, -0.2) is 9.78 Å². The zero-order chi connectivity index (χ0) is 18.7. The Balaban J connectivity index is 1.92. The van der Waals surface area contributed by atoms with Crippen molar-refractivity contribution in [2.75, 3.05) is 0 Å². The largest absolute Gasteiger partial charge is 0.451 e. The molecule has 1 heterocycles. The number of aromatic nitrogens is 2. The van der Waals surface area contributed by atoms with Crippen LogP contribution in [0.2, 0.25) is 10.0 Å². The minimum Gasteiger partial charge on any atom is -0.451 e. The average Bonchev–Trinajstić information content (AvgIpc) is 3.14. The van der Waals surface area contributed by atoms with Gasteiger partial charge in [-0.3, -0.25) is 0 Å². The van der Waals surface area contributed by atoms with Gasteiger partial charge >= 0.3 is 5.97 Å². The molecule has 1 aromatic heterocycles. The van der Waals surface area contributed by atoms with Crippen LogP contribution in [0.25, 0.3) is 0 Å². The van der Waals surface area contributed by atoms with E-state index in [0.717, 1.165) is 10.0 Å². The predicted molar refractivity (Wildman–Crippen MR) is 109 cm³/mol. The van der Waals surface area contributed by atoms with Crippen LogP contribution in [0.1, 0.15) is 27.0 Å². The molecule has 2 unspecified atom stereocenters. The lowest BCUT2D eigenvalue weighted by atomic mass is 10.1. The number of halogens is 4. The molecule has 8 heteroatoms. The number of hydrogen-bond donors (Lipinski definition) is 0. The molecular formula is C18H12Br2Cl2N2O2. The Kier molecular flexibility index (Phi) is 6.40. The second-order valence-corrected chi connectivity index (χ2v) is 8.08. The van der Waals surface area contributed by atoms with Gasteiger partial charge in [-0.05, 0) is 35.9 Å². The number of carbonyl (C=O) groups excluding carboxylic acids is 1.